The minimum Gasteiger partial charge on any atom is -0.289 e. The lowest BCUT2D eigenvalue weighted by molar-refractivity contribution is 0.103. The lowest BCUT2D eigenvalue weighted by Gasteiger charge is -2.12. The maximum absolute atomic E-state index is 12.4. The smallest absolute Gasteiger partial charge is 0.289 e. The van der Waals surface area contributed by atoms with Crippen LogP contribution in [0.2, 0.25) is 5.02 Å². The van der Waals surface area contributed by atoms with Crippen molar-refractivity contribution in [2.24, 2.45) is 0 Å². The monoisotopic (exact) mass is 352 g/mol. The molecule has 0 unspecified atom stereocenters. The number of hydrogen-bond acceptors (Lipinski definition) is 3. The zero-order valence-electron chi connectivity index (χ0n) is 12.7. The highest BCUT2D eigenvalue weighted by Gasteiger charge is 2.14. The van der Waals surface area contributed by atoms with Crippen LogP contribution in [0.4, 0.5) is 5.69 Å². The standard InChI is InChI=1S/C16H17ClN2O3S/c1-11(2)18-23(21,22)19-15-5-3-4-13(10-15)16(20)12-6-8-14(17)9-7-12/h3-11,18-19H,1-2H3. The van der Waals surface area contributed by atoms with Gasteiger partial charge in [0.1, 0.15) is 0 Å². The van der Waals surface area contributed by atoms with E-state index in [1.54, 1.807) is 56.3 Å². The van der Waals surface area contributed by atoms with Crippen LogP contribution in [0.1, 0.15) is 29.8 Å². The van der Waals surface area contributed by atoms with Crippen LogP contribution in [0.3, 0.4) is 0 Å². The van der Waals surface area contributed by atoms with Gasteiger partial charge in [-0.25, -0.2) is 0 Å². The Kier molecular flexibility index (Phi) is 5.41. The molecule has 0 spiro atoms. The van der Waals surface area contributed by atoms with Crippen molar-refractivity contribution in [3.05, 3.63) is 64.7 Å². The summed E-state index contributed by atoms with van der Waals surface area (Å²) in [6.45, 7) is 3.44. The number of benzene rings is 2. The lowest BCUT2D eigenvalue weighted by atomic mass is 10.0. The first-order chi connectivity index (χ1) is 10.8. The summed E-state index contributed by atoms with van der Waals surface area (Å²) in [6.07, 6.45) is 0. The molecule has 5 nitrogen and oxygen atoms in total. The third-order valence-electron chi connectivity index (χ3n) is 2.87. The van der Waals surface area contributed by atoms with Gasteiger partial charge >= 0.3 is 0 Å². The van der Waals surface area contributed by atoms with Crippen LogP contribution >= 0.6 is 11.6 Å². The number of carbonyl (C=O) groups excluding carboxylic acids is 1. The largest absolute Gasteiger partial charge is 0.299 e. The van der Waals surface area contributed by atoms with Gasteiger partial charge < -0.3 is 0 Å². The molecule has 0 atom stereocenters. The SMILES string of the molecule is CC(C)NS(=O)(=O)Nc1cccc(C(=O)c2ccc(Cl)cc2)c1. The molecule has 0 heterocycles. The van der Waals surface area contributed by atoms with E-state index in [2.05, 4.69) is 9.44 Å². The van der Waals surface area contributed by atoms with Crippen molar-refractivity contribution in [2.75, 3.05) is 4.72 Å². The van der Waals surface area contributed by atoms with Gasteiger partial charge in [0.25, 0.3) is 10.2 Å². The normalized spacial score (nSPS) is 11.5. The molecular weight excluding hydrogens is 336 g/mol. The summed E-state index contributed by atoms with van der Waals surface area (Å²) in [6, 6.07) is 12.6. The Labute approximate surface area is 140 Å². The summed E-state index contributed by atoms with van der Waals surface area (Å²) >= 11 is 5.81. The molecule has 23 heavy (non-hydrogen) atoms. The number of nitrogens with one attached hydrogen (secondary N) is 2. The summed E-state index contributed by atoms with van der Waals surface area (Å²) < 4.78 is 28.6. The summed E-state index contributed by atoms with van der Waals surface area (Å²) in [4.78, 5) is 12.4. The molecule has 0 radical (unpaired) electrons. The highest BCUT2D eigenvalue weighted by molar-refractivity contribution is 7.90. The maximum Gasteiger partial charge on any atom is 0.299 e. The molecule has 0 fully saturated rings. The van der Waals surface area contributed by atoms with Crippen molar-refractivity contribution in [2.45, 2.75) is 19.9 Å². The maximum atomic E-state index is 12.4. The van der Waals surface area contributed by atoms with Crippen LogP contribution in [0.5, 0.6) is 0 Å². The number of hydrogen-bond donors (Lipinski definition) is 2. The molecule has 2 rings (SSSR count). The average Bonchev–Trinajstić information content (AvgIpc) is 2.45. The minimum atomic E-state index is -3.68. The van der Waals surface area contributed by atoms with Gasteiger partial charge in [-0.2, -0.15) is 13.1 Å². The van der Waals surface area contributed by atoms with Crippen LogP contribution in [0.15, 0.2) is 48.5 Å². The van der Waals surface area contributed by atoms with Crippen molar-refractivity contribution in [1.82, 2.24) is 4.72 Å². The van der Waals surface area contributed by atoms with Gasteiger partial charge in [0.2, 0.25) is 0 Å². The summed E-state index contributed by atoms with van der Waals surface area (Å²) in [5.74, 6) is -0.209. The molecule has 2 aromatic carbocycles. The highest BCUT2D eigenvalue weighted by atomic mass is 35.5. The van der Waals surface area contributed by atoms with Crippen molar-refractivity contribution in [1.29, 1.82) is 0 Å². The Morgan fingerprint density at radius 1 is 1.04 bits per heavy atom. The van der Waals surface area contributed by atoms with E-state index in [1.807, 2.05) is 0 Å². The highest BCUT2D eigenvalue weighted by Crippen LogP contribution is 2.17. The van der Waals surface area contributed by atoms with E-state index >= 15 is 0 Å². The fraction of sp³-hybridized carbons (Fsp3) is 0.188. The third-order valence-corrected chi connectivity index (χ3v) is 4.41. The van der Waals surface area contributed by atoms with Gasteiger partial charge in [-0.1, -0.05) is 23.7 Å². The van der Waals surface area contributed by atoms with E-state index in [1.165, 1.54) is 6.07 Å². The van der Waals surface area contributed by atoms with Gasteiger partial charge in [0.15, 0.2) is 5.78 Å². The Hall–Kier alpha value is -1.89. The second-order valence-corrected chi connectivity index (χ2v) is 7.18. The number of anilines is 1. The summed E-state index contributed by atoms with van der Waals surface area (Å²) in [5, 5.41) is 0.544. The molecule has 2 N–H and O–H groups in total. The second-order valence-electron chi connectivity index (χ2n) is 5.29. The zero-order valence-corrected chi connectivity index (χ0v) is 14.3. The molecule has 0 saturated carbocycles. The molecule has 0 saturated heterocycles. The van der Waals surface area contributed by atoms with Gasteiger partial charge in [-0.3, -0.25) is 9.52 Å². The van der Waals surface area contributed by atoms with Gasteiger partial charge in [-0.05, 0) is 50.2 Å². The van der Waals surface area contributed by atoms with E-state index < -0.39 is 10.2 Å². The van der Waals surface area contributed by atoms with Gasteiger partial charge in [0.05, 0.1) is 5.69 Å². The first-order valence-corrected chi connectivity index (χ1v) is 8.83. The van der Waals surface area contributed by atoms with Crippen LogP contribution in [-0.2, 0) is 10.2 Å². The molecule has 7 heteroatoms. The number of ketones is 1. The van der Waals surface area contributed by atoms with E-state index in [9.17, 15) is 13.2 Å². The molecule has 0 aliphatic heterocycles. The molecule has 2 aromatic rings. The van der Waals surface area contributed by atoms with Crippen molar-refractivity contribution in [3.8, 4) is 0 Å². The van der Waals surface area contributed by atoms with Gasteiger partial charge in [-0.15, -0.1) is 0 Å². The first kappa shape index (κ1) is 17.5. The average molecular weight is 353 g/mol. The molecule has 0 bridgehead atoms. The fourth-order valence-corrected chi connectivity index (χ4v) is 3.23. The van der Waals surface area contributed by atoms with Gasteiger partial charge in [0, 0.05) is 22.2 Å². The molecule has 0 aliphatic rings. The van der Waals surface area contributed by atoms with Crippen molar-refractivity contribution < 1.29 is 13.2 Å². The van der Waals surface area contributed by atoms with Crippen LogP contribution in [0, 0.1) is 0 Å². The van der Waals surface area contributed by atoms with Crippen LogP contribution in [0.25, 0.3) is 0 Å². The van der Waals surface area contributed by atoms with E-state index in [0.717, 1.165) is 0 Å². The summed E-state index contributed by atoms with van der Waals surface area (Å²) in [7, 11) is -3.68. The third kappa shape index (κ3) is 5.06. The number of rotatable bonds is 6. The topological polar surface area (TPSA) is 75.3 Å². The minimum absolute atomic E-state index is 0.209. The molecule has 0 amide bonds. The zero-order chi connectivity index (χ0) is 17.0. The molecule has 0 aromatic heterocycles. The van der Waals surface area contributed by atoms with E-state index in [-0.39, 0.29) is 11.8 Å². The Morgan fingerprint density at radius 3 is 2.30 bits per heavy atom. The number of halogens is 1. The fourth-order valence-electron chi connectivity index (χ4n) is 1.99. The molecule has 0 aliphatic carbocycles. The predicted molar refractivity (Wildman–Crippen MR) is 92.1 cm³/mol. The molecule has 122 valence electrons. The summed E-state index contributed by atoms with van der Waals surface area (Å²) in [5.41, 5.74) is 1.18. The number of carbonyl (C=O) groups is 1. The van der Waals surface area contributed by atoms with Crippen LogP contribution in [-0.4, -0.2) is 20.2 Å². The second kappa shape index (κ2) is 7.12. The Balaban J connectivity index is 2.23. The quantitative estimate of drug-likeness (QED) is 0.784. The Morgan fingerprint density at radius 2 is 1.70 bits per heavy atom. The lowest BCUT2D eigenvalue weighted by Crippen LogP contribution is -2.35. The van der Waals surface area contributed by atoms with Crippen molar-refractivity contribution in [3.63, 3.8) is 0 Å². The predicted octanol–water partition coefficient (Wildman–Crippen LogP) is 3.23. The van der Waals surface area contributed by atoms with E-state index in [4.69, 9.17) is 11.6 Å². The Bertz CT molecular complexity index is 802. The van der Waals surface area contributed by atoms with Crippen molar-refractivity contribution >= 4 is 33.3 Å². The molecular formula is C16H17ClN2O3S. The van der Waals surface area contributed by atoms with E-state index in [0.29, 0.717) is 21.8 Å². The first-order valence-electron chi connectivity index (χ1n) is 6.97. The van der Waals surface area contributed by atoms with Crippen LogP contribution < -0.4 is 9.44 Å².